The molecule has 0 radical (unpaired) electrons. The zero-order valence-corrected chi connectivity index (χ0v) is 36.7. The molecule has 0 aliphatic carbocycles. The molecule has 0 fully saturated rings. The van der Waals surface area contributed by atoms with E-state index in [1.807, 2.05) is 111 Å². The van der Waals surface area contributed by atoms with Crippen LogP contribution in [-0.2, 0) is 40.2 Å². The van der Waals surface area contributed by atoms with Crippen LogP contribution in [0.2, 0.25) is 0 Å². The average molecular weight is 973 g/mol. The third kappa shape index (κ3) is 8.44. The van der Waals surface area contributed by atoms with Crippen LogP contribution in [0.15, 0.2) is 134 Å². The third-order valence-electron chi connectivity index (χ3n) is 9.93. The summed E-state index contributed by atoms with van der Waals surface area (Å²) in [6.45, 7) is 11.1. The molecule has 9 aromatic rings. The monoisotopic (exact) mass is 972 g/mol. The van der Waals surface area contributed by atoms with Crippen LogP contribution in [-0.4, -0.2) is 19.1 Å². The second kappa shape index (κ2) is 17.4. The van der Waals surface area contributed by atoms with Gasteiger partial charge in [0.1, 0.15) is 5.82 Å². The van der Waals surface area contributed by atoms with Gasteiger partial charge < -0.3 is 9.30 Å². The van der Waals surface area contributed by atoms with E-state index >= 15 is 0 Å². The summed E-state index contributed by atoms with van der Waals surface area (Å²) in [5.41, 5.74) is 7.16. The van der Waals surface area contributed by atoms with Gasteiger partial charge in [0.15, 0.2) is 0 Å². The fourth-order valence-corrected chi connectivity index (χ4v) is 7.63. The number of aromatic nitrogens is 5. The summed E-state index contributed by atoms with van der Waals surface area (Å²) in [4.78, 5) is 9.45. The van der Waals surface area contributed by atoms with Gasteiger partial charge >= 0.3 is 0 Å². The summed E-state index contributed by atoms with van der Waals surface area (Å²) in [6, 6.07) is 45.5. The van der Waals surface area contributed by atoms with Crippen molar-refractivity contribution in [1.82, 2.24) is 19.1 Å². The molecule has 4 heterocycles. The van der Waals surface area contributed by atoms with Gasteiger partial charge in [-0.05, 0) is 95.0 Å². The number of hydrogen-bond donors (Lipinski definition) is 0. The molecule has 4 aromatic heterocycles. The van der Waals surface area contributed by atoms with Gasteiger partial charge in [0.25, 0.3) is 6.33 Å². The first kappa shape index (κ1) is 33.9. The summed E-state index contributed by atoms with van der Waals surface area (Å²) in [5, 5.41) is 1.92. The van der Waals surface area contributed by atoms with E-state index in [4.69, 9.17) is 17.9 Å². The minimum Gasteiger partial charge on any atom is -0.522 e. The van der Waals surface area contributed by atoms with Crippen molar-refractivity contribution >= 4 is 32.8 Å². The number of pyridine rings is 2. The third-order valence-corrected chi connectivity index (χ3v) is 9.93. The minimum absolute atomic E-state index is 0. The summed E-state index contributed by atoms with van der Waals surface area (Å²) < 4.78 is 65.8. The number of benzene rings is 5. The fourth-order valence-electron chi connectivity index (χ4n) is 7.63. The molecule has 0 aliphatic rings. The van der Waals surface area contributed by atoms with E-state index in [1.165, 1.54) is 0 Å². The van der Waals surface area contributed by atoms with Gasteiger partial charge in [0.2, 0.25) is 0 Å². The van der Waals surface area contributed by atoms with Crippen molar-refractivity contribution in [3.63, 3.8) is 0 Å². The van der Waals surface area contributed by atoms with Gasteiger partial charge in [-0.3, -0.25) is 14.1 Å². The van der Waals surface area contributed by atoms with Crippen LogP contribution in [0.4, 0.5) is 0 Å². The van der Waals surface area contributed by atoms with Crippen molar-refractivity contribution in [2.45, 2.75) is 60.7 Å². The molecule has 0 saturated carbocycles. The molecule has 9 rings (SSSR count). The van der Waals surface area contributed by atoms with Gasteiger partial charge in [-0.1, -0.05) is 137 Å². The Morgan fingerprint density at radius 1 is 0.617 bits per heavy atom. The van der Waals surface area contributed by atoms with E-state index in [9.17, 15) is 0 Å². The van der Waals surface area contributed by atoms with E-state index < -0.39 is 19.1 Å². The molecule has 0 N–H and O–H groups in total. The van der Waals surface area contributed by atoms with Crippen LogP contribution in [0, 0.1) is 36.2 Å². The number of nitrogens with zero attached hydrogens (tertiary/aromatic N) is 5. The van der Waals surface area contributed by atoms with E-state index in [2.05, 4.69) is 53.8 Å². The van der Waals surface area contributed by atoms with E-state index in [0.29, 0.717) is 51.0 Å². The summed E-state index contributed by atoms with van der Waals surface area (Å²) in [6.07, 6.45) is 1.70. The van der Waals surface area contributed by atoms with Crippen molar-refractivity contribution in [3.05, 3.63) is 169 Å². The molecule has 0 aliphatic heterocycles. The number of imidazole rings is 1. The van der Waals surface area contributed by atoms with E-state index in [0.717, 1.165) is 38.4 Å². The van der Waals surface area contributed by atoms with Crippen molar-refractivity contribution in [1.29, 1.82) is 0 Å². The first-order valence-electron chi connectivity index (χ1n) is 23.2. The fraction of sp³-hybridized carbons (Fsp3) is 0.226. The molecule has 0 saturated heterocycles. The van der Waals surface area contributed by atoms with Crippen LogP contribution < -0.4 is 9.30 Å². The first-order valence-corrected chi connectivity index (χ1v) is 20.2. The molecule has 0 spiro atoms. The Morgan fingerprint density at radius 2 is 1.30 bits per heavy atom. The molecule has 0 bridgehead atoms. The molecular formula is C53H49N5OPt-2. The Kier molecular flexibility index (Phi) is 9.84. The van der Waals surface area contributed by atoms with Gasteiger partial charge in [0.05, 0.1) is 22.5 Å². The molecular weight excluding hydrogens is 918 g/mol. The summed E-state index contributed by atoms with van der Waals surface area (Å²) in [7, 11) is 0. The van der Waals surface area contributed by atoms with Crippen molar-refractivity contribution in [2.24, 2.45) is 17.8 Å². The van der Waals surface area contributed by atoms with Gasteiger partial charge in [-0.2, -0.15) is 18.2 Å². The van der Waals surface area contributed by atoms with Gasteiger partial charge in [-0.15, -0.1) is 17.5 Å². The number of para-hydroxylation sites is 2. The average Bonchev–Trinajstić information content (AvgIpc) is 3.85. The smallest absolute Gasteiger partial charge is 0.269 e. The SMILES string of the molecule is [2H]C([2H])(c1cc(-[n+]2[c-]n(-c3[c-]c(Oc4[c-]c5c(cc4)c4cc(-c6ccccc6)ccc4n5-c4cc(C([2H])([2H])C(C)C)ccn4)ccn3)c3ccccc32)cc(C([2H])([2H])C(C)C)c1)C(C)C.[Pt]. The van der Waals surface area contributed by atoms with E-state index in [1.54, 1.807) is 47.3 Å². The maximum absolute atomic E-state index is 8.99. The Morgan fingerprint density at radius 3 is 2.05 bits per heavy atom. The molecule has 0 atom stereocenters. The largest absolute Gasteiger partial charge is 0.522 e. The second-order valence-electron chi connectivity index (χ2n) is 15.7. The zero-order valence-electron chi connectivity index (χ0n) is 40.4. The maximum atomic E-state index is 8.99. The number of hydrogen-bond acceptors (Lipinski definition) is 3. The van der Waals surface area contributed by atoms with Crippen molar-refractivity contribution in [2.75, 3.05) is 0 Å². The topological polar surface area (TPSA) is 48.8 Å². The number of ether oxygens (including phenoxy) is 1. The molecule has 0 amide bonds. The molecule has 60 heavy (non-hydrogen) atoms. The van der Waals surface area contributed by atoms with Crippen LogP contribution in [0.1, 0.15) is 66.5 Å². The Hall–Kier alpha value is -5.84. The molecule has 5 aromatic carbocycles. The molecule has 0 unspecified atom stereocenters. The first-order chi connectivity index (χ1) is 30.9. The van der Waals surface area contributed by atoms with Crippen LogP contribution in [0.3, 0.4) is 0 Å². The number of rotatable bonds is 12. The number of fused-ring (bicyclic) bond motifs is 4. The second-order valence-corrected chi connectivity index (χ2v) is 15.7. The predicted octanol–water partition coefficient (Wildman–Crippen LogP) is 12.2. The van der Waals surface area contributed by atoms with Gasteiger partial charge in [-0.25, -0.2) is 4.98 Å². The molecule has 7 heteroatoms. The standard InChI is InChI=1S/C53H49N5O.Pt/c1-35(2)24-38-20-22-55-53(30-38)58-48-19-16-42(41-12-8-7-9-13-41)31-47(48)46-18-17-44(32-51(46)58)59-45-21-23-54-52(33-45)57-34-56(49-14-10-11-15-50(49)57)43-28-39(25-36(3)4)27-40(29-43)26-37(5)6;/h7-23,27-31,35-37H,24-26H2,1-6H3;/q-2;/i24D2,25D2,26D2;. The van der Waals surface area contributed by atoms with Crippen LogP contribution in [0.5, 0.6) is 11.5 Å². The van der Waals surface area contributed by atoms with E-state index in [-0.39, 0.29) is 38.8 Å². The zero-order chi connectivity index (χ0) is 46.0. The maximum Gasteiger partial charge on any atom is 0.269 e. The van der Waals surface area contributed by atoms with Gasteiger partial charge in [0, 0.05) is 46.8 Å². The van der Waals surface area contributed by atoms with Crippen LogP contribution in [0.25, 0.3) is 61.3 Å². The molecule has 6 nitrogen and oxygen atoms in total. The summed E-state index contributed by atoms with van der Waals surface area (Å²) in [5.74, 6) is 0.792. The minimum atomic E-state index is -1.72. The predicted molar refractivity (Wildman–Crippen MR) is 239 cm³/mol. The van der Waals surface area contributed by atoms with Crippen molar-refractivity contribution in [3.8, 4) is 39.9 Å². The Labute approximate surface area is 376 Å². The quantitative estimate of drug-likeness (QED) is 0.0905. The van der Waals surface area contributed by atoms with Crippen molar-refractivity contribution < 1.29 is 38.6 Å². The summed E-state index contributed by atoms with van der Waals surface area (Å²) >= 11 is 0. The Bertz CT molecular complexity index is 3200. The Balaban J connectivity index is 0.00000592. The molecule has 304 valence electrons. The van der Waals surface area contributed by atoms with Crippen LogP contribution >= 0.6 is 0 Å². The normalized spacial score (nSPS) is 13.9.